The Morgan fingerprint density at radius 2 is 1.48 bits per heavy atom. The summed E-state index contributed by atoms with van der Waals surface area (Å²) in [5, 5.41) is 13.2. The van der Waals surface area contributed by atoms with E-state index < -0.39 is 17.9 Å². The quantitative estimate of drug-likeness (QED) is 0.211. The summed E-state index contributed by atoms with van der Waals surface area (Å²) < 4.78 is 6.42. The summed E-state index contributed by atoms with van der Waals surface area (Å²) in [4.78, 5) is 31.8. The number of carbonyl (C=O) groups excluding carboxylic acids is 1. The molecule has 0 aliphatic rings. The number of nitrogens with zero attached hydrogens (tertiary/aromatic N) is 2. The SMILES string of the molecule is COc1ccc(CN(Cc2ccc(C(=O)NC(Cc3ccccc3)C(=O)O)cc2)c2nc3ccccc3s2)cc1. The van der Waals surface area contributed by atoms with Crippen molar-refractivity contribution in [1.82, 2.24) is 10.3 Å². The van der Waals surface area contributed by atoms with Gasteiger partial charge in [0.25, 0.3) is 5.91 Å². The van der Waals surface area contributed by atoms with Gasteiger partial charge in [-0.05, 0) is 53.1 Å². The average Bonchev–Trinajstić information content (AvgIpc) is 3.42. The highest BCUT2D eigenvalue weighted by molar-refractivity contribution is 7.22. The minimum Gasteiger partial charge on any atom is -0.497 e. The lowest BCUT2D eigenvalue weighted by Crippen LogP contribution is -2.42. The second-order valence-electron chi connectivity index (χ2n) is 9.42. The van der Waals surface area contributed by atoms with Crippen LogP contribution in [0.1, 0.15) is 27.0 Å². The first-order valence-corrected chi connectivity index (χ1v) is 13.7. The first-order valence-electron chi connectivity index (χ1n) is 12.9. The largest absolute Gasteiger partial charge is 0.497 e. The summed E-state index contributed by atoms with van der Waals surface area (Å²) in [6.45, 7) is 1.23. The molecule has 1 amide bonds. The number of hydrogen-bond acceptors (Lipinski definition) is 6. The zero-order valence-electron chi connectivity index (χ0n) is 22.0. The van der Waals surface area contributed by atoms with Gasteiger partial charge >= 0.3 is 5.97 Å². The van der Waals surface area contributed by atoms with Crippen LogP contribution in [0.3, 0.4) is 0 Å². The average molecular weight is 552 g/mol. The molecule has 40 heavy (non-hydrogen) atoms. The molecule has 8 heteroatoms. The van der Waals surface area contributed by atoms with Gasteiger partial charge in [0.15, 0.2) is 5.13 Å². The molecule has 0 bridgehead atoms. The van der Waals surface area contributed by atoms with Crippen LogP contribution in [0.2, 0.25) is 0 Å². The lowest BCUT2D eigenvalue weighted by molar-refractivity contribution is -0.139. The van der Waals surface area contributed by atoms with Gasteiger partial charge in [0.2, 0.25) is 0 Å². The summed E-state index contributed by atoms with van der Waals surface area (Å²) >= 11 is 1.64. The number of rotatable bonds is 11. The number of carbonyl (C=O) groups is 2. The van der Waals surface area contributed by atoms with E-state index in [2.05, 4.69) is 16.3 Å². The molecule has 1 unspecified atom stereocenters. The van der Waals surface area contributed by atoms with E-state index in [1.807, 2.05) is 84.9 Å². The van der Waals surface area contributed by atoms with Crippen LogP contribution in [-0.2, 0) is 24.3 Å². The lowest BCUT2D eigenvalue weighted by atomic mass is 10.1. The highest BCUT2D eigenvalue weighted by atomic mass is 32.1. The van der Waals surface area contributed by atoms with Crippen molar-refractivity contribution in [1.29, 1.82) is 0 Å². The van der Waals surface area contributed by atoms with Crippen molar-refractivity contribution in [3.05, 3.63) is 125 Å². The van der Waals surface area contributed by atoms with E-state index in [9.17, 15) is 14.7 Å². The molecule has 1 atom stereocenters. The van der Waals surface area contributed by atoms with E-state index in [4.69, 9.17) is 9.72 Å². The summed E-state index contributed by atoms with van der Waals surface area (Å²) in [5.74, 6) is -0.687. The van der Waals surface area contributed by atoms with Crippen LogP contribution in [0.5, 0.6) is 5.75 Å². The zero-order chi connectivity index (χ0) is 27.9. The number of amides is 1. The maximum atomic E-state index is 12.9. The van der Waals surface area contributed by atoms with Crippen molar-refractivity contribution >= 4 is 38.6 Å². The van der Waals surface area contributed by atoms with Crippen LogP contribution >= 0.6 is 11.3 Å². The molecule has 0 aliphatic carbocycles. The summed E-state index contributed by atoms with van der Waals surface area (Å²) in [6.07, 6.45) is 0.211. The number of anilines is 1. The molecule has 0 saturated heterocycles. The van der Waals surface area contributed by atoms with E-state index in [0.717, 1.165) is 37.8 Å². The molecule has 0 saturated carbocycles. The minimum absolute atomic E-state index is 0.211. The number of aliphatic carboxylic acids is 1. The number of benzene rings is 4. The molecule has 5 aromatic rings. The Labute approximate surface area is 236 Å². The summed E-state index contributed by atoms with van der Waals surface area (Å²) in [5.41, 5.74) is 4.33. The number of carboxylic acids is 1. The summed E-state index contributed by atoms with van der Waals surface area (Å²) in [7, 11) is 1.65. The van der Waals surface area contributed by atoms with Crippen molar-refractivity contribution in [3.63, 3.8) is 0 Å². The normalized spacial score (nSPS) is 11.6. The van der Waals surface area contributed by atoms with Gasteiger partial charge in [-0.25, -0.2) is 9.78 Å². The predicted molar refractivity (Wildman–Crippen MR) is 158 cm³/mol. The number of methoxy groups -OCH3 is 1. The maximum absolute atomic E-state index is 12.9. The van der Waals surface area contributed by atoms with Gasteiger partial charge in [-0.15, -0.1) is 0 Å². The zero-order valence-corrected chi connectivity index (χ0v) is 22.8. The Balaban J connectivity index is 1.32. The van der Waals surface area contributed by atoms with Gasteiger partial charge in [-0.2, -0.15) is 0 Å². The first-order chi connectivity index (χ1) is 19.5. The molecule has 1 heterocycles. The van der Waals surface area contributed by atoms with Crippen molar-refractivity contribution in [2.75, 3.05) is 12.0 Å². The fourth-order valence-corrected chi connectivity index (χ4v) is 5.37. The highest BCUT2D eigenvalue weighted by Gasteiger charge is 2.21. The Hall–Kier alpha value is -4.69. The Bertz CT molecular complexity index is 1550. The third-order valence-corrected chi connectivity index (χ3v) is 7.66. The molecular formula is C32H29N3O4S. The number of aromatic nitrogens is 1. The van der Waals surface area contributed by atoms with Crippen LogP contribution in [0.15, 0.2) is 103 Å². The van der Waals surface area contributed by atoms with Crippen LogP contribution < -0.4 is 15.0 Å². The molecular weight excluding hydrogens is 522 g/mol. The molecule has 0 radical (unpaired) electrons. The van der Waals surface area contributed by atoms with E-state index in [1.54, 1.807) is 30.6 Å². The Kier molecular flexibility index (Phi) is 8.37. The molecule has 5 rings (SSSR count). The van der Waals surface area contributed by atoms with Crippen molar-refractivity contribution in [3.8, 4) is 5.75 Å². The van der Waals surface area contributed by atoms with Crippen LogP contribution in [0, 0.1) is 0 Å². The second kappa shape index (κ2) is 12.4. The van der Waals surface area contributed by atoms with Crippen molar-refractivity contribution in [2.45, 2.75) is 25.6 Å². The Morgan fingerprint density at radius 1 is 0.850 bits per heavy atom. The molecule has 7 nitrogen and oxygen atoms in total. The number of thiazole rings is 1. The van der Waals surface area contributed by atoms with Crippen LogP contribution in [-0.4, -0.2) is 35.1 Å². The molecule has 2 N–H and O–H groups in total. The van der Waals surface area contributed by atoms with E-state index in [1.165, 1.54) is 0 Å². The second-order valence-corrected chi connectivity index (χ2v) is 10.4. The standard InChI is InChI=1S/C32H29N3O4S/c1-39-26-17-13-24(14-18-26)21-35(32-34-27-9-5-6-10-29(27)40-32)20-23-11-15-25(16-12-23)30(36)33-28(31(37)38)19-22-7-3-2-4-8-22/h2-18,28H,19-21H2,1H3,(H,33,36)(H,37,38). The number of fused-ring (bicyclic) bond motifs is 1. The maximum Gasteiger partial charge on any atom is 0.326 e. The highest BCUT2D eigenvalue weighted by Crippen LogP contribution is 2.31. The molecule has 0 fully saturated rings. The molecule has 4 aromatic carbocycles. The predicted octanol–water partition coefficient (Wildman–Crippen LogP) is 5.94. The fourth-order valence-electron chi connectivity index (χ4n) is 4.41. The van der Waals surface area contributed by atoms with Crippen LogP contribution in [0.25, 0.3) is 10.2 Å². The lowest BCUT2D eigenvalue weighted by Gasteiger charge is -2.22. The van der Waals surface area contributed by atoms with Crippen molar-refractivity contribution in [2.24, 2.45) is 0 Å². The minimum atomic E-state index is -1.07. The molecule has 0 aliphatic heterocycles. The van der Waals surface area contributed by atoms with Gasteiger partial charge in [-0.3, -0.25) is 4.79 Å². The van der Waals surface area contributed by atoms with E-state index in [-0.39, 0.29) is 6.42 Å². The van der Waals surface area contributed by atoms with Gasteiger partial charge in [-0.1, -0.05) is 78.1 Å². The number of nitrogens with one attached hydrogen (secondary N) is 1. The smallest absolute Gasteiger partial charge is 0.326 e. The van der Waals surface area contributed by atoms with Crippen molar-refractivity contribution < 1.29 is 19.4 Å². The monoisotopic (exact) mass is 551 g/mol. The number of carboxylic acid groups (broad SMARTS) is 1. The number of hydrogen-bond donors (Lipinski definition) is 2. The third-order valence-electron chi connectivity index (χ3n) is 6.56. The van der Waals surface area contributed by atoms with Crippen LogP contribution in [0.4, 0.5) is 5.13 Å². The Morgan fingerprint density at radius 3 is 2.10 bits per heavy atom. The third kappa shape index (κ3) is 6.65. The molecule has 202 valence electrons. The number of ether oxygens (including phenoxy) is 1. The van der Waals surface area contributed by atoms with Gasteiger partial charge < -0.3 is 20.1 Å². The van der Waals surface area contributed by atoms with E-state index in [0.29, 0.717) is 18.7 Å². The summed E-state index contributed by atoms with van der Waals surface area (Å²) in [6, 6.07) is 31.6. The topological polar surface area (TPSA) is 91.8 Å². The van der Waals surface area contributed by atoms with Gasteiger partial charge in [0.1, 0.15) is 11.8 Å². The molecule has 1 aromatic heterocycles. The molecule has 0 spiro atoms. The van der Waals surface area contributed by atoms with Gasteiger partial charge in [0, 0.05) is 25.1 Å². The van der Waals surface area contributed by atoms with E-state index >= 15 is 0 Å². The fraction of sp³-hybridized carbons (Fsp3) is 0.156. The number of para-hydroxylation sites is 1. The van der Waals surface area contributed by atoms with Gasteiger partial charge in [0.05, 0.1) is 17.3 Å². The first kappa shape index (κ1) is 26.9.